The number of allylic oxidation sites excluding steroid dienone is 9. The van der Waals surface area contributed by atoms with E-state index in [1.54, 1.807) is 6.08 Å². The van der Waals surface area contributed by atoms with Crippen LogP contribution in [0.25, 0.3) is 0 Å². The largest absolute Gasteiger partial charge is 0.498 e. The molecule has 0 aromatic rings. The lowest BCUT2D eigenvalue weighted by atomic mass is 10.3. The van der Waals surface area contributed by atoms with E-state index >= 15 is 0 Å². The van der Waals surface area contributed by atoms with Crippen LogP contribution in [0.15, 0.2) is 60.9 Å². The molecule has 1 atom stereocenters. The number of aliphatic hydroxyl groups is 2. The van der Waals surface area contributed by atoms with Gasteiger partial charge >= 0.3 is 0 Å². The van der Waals surface area contributed by atoms with Gasteiger partial charge in [-0.3, -0.25) is 0 Å². The molecule has 0 spiro atoms. The van der Waals surface area contributed by atoms with Crippen LogP contribution in [0.1, 0.15) is 13.3 Å². The van der Waals surface area contributed by atoms with Crippen LogP contribution in [0.2, 0.25) is 0 Å². The van der Waals surface area contributed by atoms with E-state index in [-0.39, 0.29) is 13.2 Å². The quantitative estimate of drug-likeness (QED) is 0.488. The molecule has 0 radical (unpaired) electrons. The van der Waals surface area contributed by atoms with Gasteiger partial charge in [-0.25, -0.2) is 0 Å². The summed E-state index contributed by atoms with van der Waals surface area (Å²) < 4.78 is 4.97. The number of ether oxygens (including phenoxy) is 1. The minimum atomic E-state index is -0.820. The van der Waals surface area contributed by atoms with Crippen LogP contribution < -0.4 is 0 Å². The molecule has 0 saturated carbocycles. The van der Waals surface area contributed by atoms with Gasteiger partial charge in [0, 0.05) is 0 Å². The third-order valence-corrected chi connectivity index (χ3v) is 1.82. The summed E-state index contributed by atoms with van der Waals surface area (Å²) >= 11 is 0. The fraction of sp³-hybridized carbons (Fsp3) is 0.333. The molecule has 0 fully saturated rings. The summed E-state index contributed by atoms with van der Waals surface area (Å²) in [6.45, 7) is 1.91. The Balaban J connectivity index is 3.64. The van der Waals surface area contributed by atoms with Crippen molar-refractivity contribution < 1.29 is 14.9 Å². The van der Waals surface area contributed by atoms with Crippen molar-refractivity contribution in [3.8, 4) is 0 Å². The lowest BCUT2D eigenvalue weighted by molar-refractivity contribution is 0.0384. The van der Waals surface area contributed by atoms with E-state index in [0.29, 0.717) is 0 Å². The maximum atomic E-state index is 8.97. The Morgan fingerprint density at radius 1 is 0.944 bits per heavy atom. The smallest absolute Gasteiger partial charge is 0.115 e. The number of rotatable bonds is 9. The van der Waals surface area contributed by atoms with Crippen molar-refractivity contribution in [1.29, 1.82) is 0 Å². The lowest BCUT2D eigenvalue weighted by Gasteiger charge is -2.04. The second kappa shape index (κ2) is 13.5. The Morgan fingerprint density at radius 3 is 2.06 bits per heavy atom. The van der Waals surface area contributed by atoms with E-state index in [9.17, 15) is 0 Å². The van der Waals surface area contributed by atoms with Gasteiger partial charge < -0.3 is 14.9 Å². The molecule has 3 nitrogen and oxygen atoms in total. The first-order chi connectivity index (χ1) is 8.81. The van der Waals surface area contributed by atoms with Crippen LogP contribution in [0, 0.1) is 0 Å². The Labute approximate surface area is 109 Å². The molecule has 0 aromatic heterocycles. The van der Waals surface area contributed by atoms with Crippen molar-refractivity contribution in [1.82, 2.24) is 0 Å². The van der Waals surface area contributed by atoms with Crippen LogP contribution in [-0.2, 0) is 4.74 Å². The van der Waals surface area contributed by atoms with E-state index in [1.807, 2.05) is 42.5 Å². The molecule has 3 heteroatoms. The molecule has 2 N–H and O–H groups in total. The summed E-state index contributed by atoms with van der Waals surface area (Å²) in [5, 5.41) is 17.5. The average Bonchev–Trinajstić information content (AvgIpc) is 2.39. The van der Waals surface area contributed by atoms with Gasteiger partial charge in [0.25, 0.3) is 0 Å². The minimum absolute atomic E-state index is 0.100. The Bertz CT molecular complexity index is 312. The number of hydrogen-bond donors (Lipinski definition) is 2. The molecule has 0 amide bonds. The third kappa shape index (κ3) is 12.5. The topological polar surface area (TPSA) is 49.7 Å². The van der Waals surface area contributed by atoms with Crippen LogP contribution in [0.3, 0.4) is 0 Å². The molecule has 100 valence electrons. The summed E-state index contributed by atoms with van der Waals surface area (Å²) in [6, 6.07) is 0. The molecular formula is C15H22O3. The average molecular weight is 250 g/mol. The van der Waals surface area contributed by atoms with Crippen LogP contribution in [0.4, 0.5) is 0 Å². The molecular weight excluding hydrogens is 228 g/mol. The van der Waals surface area contributed by atoms with E-state index in [2.05, 4.69) is 13.0 Å². The fourth-order valence-corrected chi connectivity index (χ4v) is 0.920. The summed E-state index contributed by atoms with van der Waals surface area (Å²) in [5.74, 6) is 0. The monoisotopic (exact) mass is 250 g/mol. The SMILES string of the molecule is CC/C=C/C=C/C=C/C=C/C=C/OC[C@H](O)CO. The molecule has 0 aromatic carbocycles. The van der Waals surface area contributed by atoms with Gasteiger partial charge in [0.05, 0.1) is 12.9 Å². The highest BCUT2D eigenvalue weighted by atomic mass is 16.5. The maximum absolute atomic E-state index is 8.97. The van der Waals surface area contributed by atoms with Crippen LogP contribution in [-0.4, -0.2) is 29.5 Å². The predicted octanol–water partition coefficient (Wildman–Crippen LogP) is 2.50. The molecule has 0 aliphatic heterocycles. The zero-order valence-electron chi connectivity index (χ0n) is 10.8. The van der Waals surface area contributed by atoms with Crippen molar-refractivity contribution in [3.63, 3.8) is 0 Å². The highest BCUT2D eigenvalue weighted by molar-refractivity contribution is 5.17. The van der Waals surface area contributed by atoms with E-state index in [1.165, 1.54) is 6.26 Å². The molecule has 0 bridgehead atoms. The first-order valence-electron chi connectivity index (χ1n) is 6.03. The van der Waals surface area contributed by atoms with Crippen molar-refractivity contribution in [3.05, 3.63) is 60.9 Å². The third-order valence-electron chi connectivity index (χ3n) is 1.82. The van der Waals surface area contributed by atoms with E-state index in [0.717, 1.165) is 6.42 Å². The van der Waals surface area contributed by atoms with Crippen LogP contribution >= 0.6 is 0 Å². The summed E-state index contributed by atoms with van der Waals surface area (Å²) in [5.41, 5.74) is 0. The second-order valence-electron chi connectivity index (χ2n) is 3.49. The molecule has 0 unspecified atom stereocenters. The van der Waals surface area contributed by atoms with Gasteiger partial charge in [-0.15, -0.1) is 0 Å². The molecule has 0 aliphatic carbocycles. The summed E-state index contributed by atoms with van der Waals surface area (Å²) in [6.07, 6.45) is 19.0. The van der Waals surface area contributed by atoms with Crippen LogP contribution in [0.5, 0.6) is 0 Å². The van der Waals surface area contributed by atoms with Gasteiger partial charge in [0.15, 0.2) is 0 Å². The van der Waals surface area contributed by atoms with E-state index in [4.69, 9.17) is 14.9 Å². The van der Waals surface area contributed by atoms with E-state index < -0.39 is 6.10 Å². The lowest BCUT2D eigenvalue weighted by Crippen LogP contribution is -2.17. The van der Waals surface area contributed by atoms with Gasteiger partial charge in [0.2, 0.25) is 0 Å². The first kappa shape index (κ1) is 16.4. The van der Waals surface area contributed by atoms with Crippen molar-refractivity contribution >= 4 is 0 Å². The molecule has 0 saturated heterocycles. The zero-order chi connectivity index (χ0) is 13.5. The molecule has 0 heterocycles. The Hall–Kier alpha value is -1.58. The van der Waals surface area contributed by atoms with Crippen molar-refractivity contribution in [2.24, 2.45) is 0 Å². The standard InChI is InChI=1S/C15H22O3/c1-2-3-4-5-6-7-8-9-10-11-12-18-14-15(17)13-16/h3-12,15-17H,2,13-14H2,1H3/b4-3+,6-5+,8-7+,10-9+,12-11+/t15-/m1/s1. The minimum Gasteiger partial charge on any atom is -0.498 e. The number of hydrogen-bond acceptors (Lipinski definition) is 3. The molecule has 18 heavy (non-hydrogen) atoms. The molecule has 0 rings (SSSR count). The van der Waals surface area contributed by atoms with Gasteiger partial charge in [-0.05, 0) is 12.5 Å². The normalized spacial score (nSPS) is 14.8. The first-order valence-corrected chi connectivity index (χ1v) is 6.03. The number of aliphatic hydroxyl groups excluding tert-OH is 2. The highest BCUT2D eigenvalue weighted by Gasteiger charge is 1.98. The van der Waals surface area contributed by atoms with Gasteiger partial charge in [-0.2, -0.15) is 0 Å². The molecule has 0 aliphatic rings. The van der Waals surface area contributed by atoms with Crippen molar-refractivity contribution in [2.45, 2.75) is 19.4 Å². The predicted molar refractivity (Wildman–Crippen MR) is 75.0 cm³/mol. The fourth-order valence-electron chi connectivity index (χ4n) is 0.920. The van der Waals surface area contributed by atoms with Gasteiger partial charge in [-0.1, -0.05) is 55.5 Å². The summed E-state index contributed by atoms with van der Waals surface area (Å²) in [7, 11) is 0. The summed E-state index contributed by atoms with van der Waals surface area (Å²) in [4.78, 5) is 0. The second-order valence-corrected chi connectivity index (χ2v) is 3.49. The van der Waals surface area contributed by atoms with Gasteiger partial charge in [0.1, 0.15) is 12.7 Å². The Morgan fingerprint density at radius 2 is 1.50 bits per heavy atom. The highest BCUT2D eigenvalue weighted by Crippen LogP contribution is 1.87. The zero-order valence-corrected chi connectivity index (χ0v) is 10.8. The van der Waals surface area contributed by atoms with Crippen molar-refractivity contribution in [2.75, 3.05) is 13.2 Å². The Kier molecular flexibility index (Phi) is 12.3. The maximum Gasteiger partial charge on any atom is 0.115 e.